The molecule has 0 aliphatic rings. The minimum absolute atomic E-state index is 0.0162. The summed E-state index contributed by atoms with van der Waals surface area (Å²) >= 11 is 0. The number of hydrogen-bond donors (Lipinski definition) is 2. The van der Waals surface area contributed by atoms with E-state index in [1.807, 2.05) is 0 Å². The molecule has 0 atom stereocenters. The van der Waals surface area contributed by atoms with Crippen LogP contribution in [0, 0.1) is 6.92 Å². The third-order valence-corrected chi connectivity index (χ3v) is 1.86. The number of carboxylic acid groups (broad SMARTS) is 1. The lowest BCUT2D eigenvalue weighted by Crippen LogP contribution is -2.09. The van der Waals surface area contributed by atoms with Crippen LogP contribution in [0.2, 0.25) is 0 Å². The molecule has 1 aromatic rings. The molecule has 82 valence electrons. The van der Waals surface area contributed by atoms with E-state index in [4.69, 9.17) is 10.8 Å². The quantitative estimate of drug-likeness (QED) is 0.803. The van der Waals surface area contributed by atoms with Crippen molar-refractivity contribution in [3.63, 3.8) is 0 Å². The number of carboxylic acids is 1. The Morgan fingerprint density at radius 1 is 1.67 bits per heavy atom. The van der Waals surface area contributed by atoms with Gasteiger partial charge in [-0.15, -0.1) is 0 Å². The monoisotopic (exact) mass is 216 g/mol. The number of carbonyl (C=O) groups is 1. The molecule has 0 aliphatic heterocycles. The second-order valence-corrected chi connectivity index (χ2v) is 3.09. The molecule has 1 rings (SSSR count). The maximum Gasteiger partial charge on any atom is 0.307 e. The van der Waals surface area contributed by atoms with E-state index in [1.54, 1.807) is 6.92 Å². The van der Waals surface area contributed by atoms with Gasteiger partial charge in [0.05, 0.1) is 12.0 Å². The summed E-state index contributed by atoms with van der Waals surface area (Å²) < 4.78 is 25.1. The van der Waals surface area contributed by atoms with Gasteiger partial charge >= 0.3 is 5.97 Å². The summed E-state index contributed by atoms with van der Waals surface area (Å²) in [5.74, 6) is -1.48. The Kier molecular flexibility index (Phi) is 3.18. The molecule has 15 heavy (non-hydrogen) atoms. The van der Waals surface area contributed by atoms with Crippen LogP contribution in [0.4, 0.5) is 14.6 Å². The predicted octanol–water partition coefficient (Wildman–Crippen LogP) is 1.54. The fourth-order valence-electron chi connectivity index (χ4n) is 1.34. The molecule has 0 unspecified atom stereocenters. The smallest absolute Gasteiger partial charge is 0.307 e. The fraction of sp³-hybridized carbons (Fsp3) is 0.333. The molecule has 0 spiro atoms. The Morgan fingerprint density at radius 3 is 2.73 bits per heavy atom. The molecule has 0 fully saturated rings. The van der Waals surface area contributed by atoms with Crippen LogP contribution in [0.3, 0.4) is 0 Å². The van der Waals surface area contributed by atoms with Crippen LogP contribution in [-0.4, -0.2) is 16.1 Å². The molecule has 0 saturated carbocycles. The first-order chi connectivity index (χ1) is 6.91. The summed E-state index contributed by atoms with van der Waals surface area (Å²) in [5.41, 5.74) is 5.27. The van der Waals surface area contributed by atoms with Crippen molar-refractivity contribution in [1.29, 1.82) is 0 Å². The van der Waals surface area contributed by atoms with Crippen LogP contribution >= 0.6 is 0 Å². The lowest BCUT2D eigenvalue weighted by Gasteiger charge is -2.10. The zero-order chi connectivity index (χ0) is 11.6. The fourth-order valence-corrected chi connectivity index (χ4v) is 1.34. The van der Waals surface area contributed by atoms with Gasteiger partial charge in [0.2, 0.25) is 0 Å². The van der Waals surface area contributed by atoms with Crippen molar-refractivity contribution in [1.82, 2.24) is 4.98 Å². The molecule has 4 nitrogen and oxygen atoms in total. The number of pyridine rings is 1. The van der Waals surface area contributed by atoms with E-state index >= 15 is 0 Å². The first-order valence-electron chi connectivity index (χ1n) is 4.17. The second kappa shape index (κ2) is 4.20. The molecule has 6 heteroatoms. The zero-order valence-corrected chi connectivity index (χ0v) is 8.00. The van der Waals surface area contributed by atoms with Crippen molar-refractivity contribution in [2.45, 2.75) is 19.8 Å². The highest BCUT2D eigenvalue weighted by Gasteiger charge is 2.19. The molecule has 1 aromatic heterocycles. The van der Waals surface area contributed by atoms with Gasteiger partial charge in [-0.25, -0.2) is 13.8 Å². The van der Waals surface area contributed by atoms with Gasteiger partial charge in [0, 0.05) is 5.69 Å². The molecule has 0 aromatic carbocycles. The Morgan fingerprint density at radius 2 is 2.27 bits per heavy atom. The summed E-state index contributed by atoms with van der Waals surface area (Å²) in [4.78, 5) is 14.1. The van der Waals surface area contributed by atoms with Gasteiger partial charge in [-0.05, 0) is 18.6 Å². The number of anilines is 1. The summed E-state index contributed by atoms with van der Waals surface area (Å²) in [5, 5.41) is 8.55. The first-order valence-corrected chi connectivity index (χ1v) is 4.17. The normalized spacial score (nSPS) is 10.7. The minimum Gasteiger partial charge on any atom is -0.481 e. The van der Waals surface area contributed by atoms with E-state index in [0.717, 1.165) is 0 Å². The summed E-state index contributed by atoms with van der Waals surface area (Å²) in [6.45, 7) is 1.57. The third kappa shape index (κ3) is 2.61. The molecule has 0 bridgehead atoms. The zero-order valence-electron chi connectivity index (χ0n) is 8.00. The molecular weight excluding hydrogens is 206 g/mol. The molecule has 1 heterocycles. The van der Waals surface area contributed by atoms with Crippen molar-refractivity contribution in [2.75, 3.05) is 5.73 Å². The van der Waals surface area contributed by atoms with E-state index in [2.05, 4.69) is 4.98 Å². The van der Waals surface area contributed by atoms with Crippen molar-refractivity contribution in [3.8, 4) is 0 Å². The summed E-state index contributed by atoms with van der Waals surface area (Å²) in [6.07, 6.45) is -3.29. The van der Waals surface area contributed by atoms with Crippen molar-refractivity contribution >= 4 is 11.8 Å². The maximum absolute atomic E-state index is 12.6. The average Bonchev–Trinajstić information content (AvgIpc) is 1.99. The molecule has 0 aliphatic carbocycles. The van der Waals surface area contributed by atoms with E-state index < -0.39 is 24.4 Å². The van der Waals surface area contributed by atoms with Crippen LogP contribution in [0.15, 0.2) is 6.07 Å². The summed E-state index contributed by atoms with van der Waals surface area (Å²) in [6, 6.07) is 1.31. The van der Waals surface area contributed by atoms with Crippen LogP contribution < -0.4 is 5.73 Å². The summed E-state index contributed by atoms with van der Waals surface area (Å²) in [7, 11) is 0. The molecule has 0 saturated heterocycles. The van der Waals surface area contributed by atoms with Gasteiger partial charge in [0.15, 0.2) is 0 Å². The standard InChI is InChI=1S/C9H10F2N2O2/c1-4-2-5(3-6(14)15)7(8(10)11)9(12)13-4/h2,8H,3H2,1H3,(H2,12,13)(H,14,15). The van der Waals surface area contributed by atoms with Crippen LogP contribution in [0.1, 0.15) is 23.2 Å². The lowest BCUT2D eigenvalue weighted by atomic mass is 10.1. The number of aryl methyl sites for hydroxylation is 1. The number of nitrogen functional groups attached to an aromatic ring is 1. The molecule has 0 amide bonds. The first kappa shape index (κ1) is 11.4. The number of halogens is 2. The molecule has 0 radical (unpaired) electrons. The number of rotatable bonds is 3. The number of aromatic nitrogens is 1. The van der Waals surface area contributed by atoms with E-state index in [0.29, 0.717) is 5.69 Å². The number of nitrogens with zero attached hydrogens (tertiary/aromatic N) is 1. The Balaban J connectivity index is 3.26. The topological polar surface area (TPSA) is 76.2 Å². The van der Waals surface area contributed by atoms with Crippen molar-refractivity contribution < 1.29 is 18.7 Å². The largest absolute Gasteiger partial charge is 0.481 e. The second-order valence-electron chi connectivity index (χ2n) is 3.09. The Labute approximate surface area is 84.7 Å². The van der Waals surface area contributed by atoms with Gasteiger partial charge in [-0.1, -0.05) is 0 Å². The lowest BCUT2D eigenvalue weighted by molar-refractivity contribution is -0.136. The highest BCUT2D eigenvalue weighted by Crippen LogP contribution is 2.28. The maximum atomic E-state index is 12.6. The predicted molar refractivity (Wildman–Crippen MR) is 49.7 cm³/mol. The molecular formula is C9H10F2N2O2. The Bertz CT molecular complexity index is 394. The SMILES string of the molecule is Cc1cc(CC(=O)O)c(C(F)F)c(N)n1. The van der Waals surface area contributed by atoms with Gasteiger partial charge in [-0.2, -0.15) is 0 Å². The van der Waals surface area contributed by atoms with E-state index in [9.17, 15) is 13.6 Å². The highest BCUT2D eigenvalue weighted by atomic mass is 19.3. The van der Waals surface area contributed by atoms with Gasteiger partial charge in [0.25, 0.3) is 6.43 Å². The number of aliphatic carboxylic acids is 1. The highest BCUT2D eigenvalue weighted by molar-refractivity contribution is 5.71. The molecule has 3 N–H and O–H groups in total. The van der Waals surface area contributed by atoms with Crippen molar-refractivity contribution in [3.05, 3.63) is 22.9 Å². The average molecular weight is 216 g/mol. The van der Waals surface area contributed by atoms with Crippen LogP contribution in [-0.2, 0) is 11.2 Å². The van der Waals surface area contributed by atoms with Gasteiger partial charge in [-0.3, -0.25) is 4.79 Å². The number of nitrogens with two attached hydrogens (primary N) is 1. The van der Waals surface area contributed by atoms with Crippen LogP contribution in [0.5, 0.6) is 0 Å². The van der Waals surface area contributed by atoms with Crippen LogP contribution in [0.25, 0.3) is 0 Å². The van der Waals surface area contributed by atoms with Crippen molar-refractivity contribution in [2.24, 2.45) is 0 Å². The van der Waals surface area contributed by atoms with Gasteiger partial charge < -0.3 is 10.8 Å². The van der Waals surface area contributed by atoms with E-state index in [1.165, 1.54) is 6.07 Å². The third-order valence-electron chi connectivity index (χ3n) is 1.86. The Hall–Kier alpha value is -1.72. The minimum atomic E-state index is -2.81. The number of alkyl halides is 2. The number of hydrogen-bond acceptors (Lipinski definition) is 3. The van der Waals surface area contributed by atoms with E-state index in [-0.39, 0.29) is 11.4 Å². The van der Waals surface area contributed by atoms with Gasteiger partial charge in [0.1, 0.15) is 5.82 Å².